The molecule has 1 saturated heterocycles. The van der Waals surface area contributed by atoms with Gasteiger partial charge < -0.3 is 38.5 Å². The lowest BCUT2D eigenvalue weighted by atomic mass is 10.0. The Morgan fingerprint density at radius 2 is 1.42 bits per heavy atom. The van der Waals surface area contributed by atoms with Crippen LogP contribution in [0.4, 0.5) is 11.8 Å². The van der Waals surface area contributed by atoms with Gasteiger partial charge in [-0.25, -0.2) is 19.7 Å². The summed E-state index contributed by atoms with van der Waals surface area (Å²) in [6.45, 7) is 34.6. The Balaban J connectivity index is 1.55. The highest BCUT2D eigenvalue weighted by Gasteiger charge is 2.55. The number of anilines is 2. The Labute approximate surface area is 360 Å². The van der Waals surface area contributed by atoms with E-state index in [0.717, 1.165) is 16.7 Å². The highest BCUT2D eigenvalue weighted by Crippen LogP contribution is 2.48. The van der Waals surface area contributed by atoms with Crippen LogP contribution in [0.5, 0.6) is 5.75 Å². The molecule has 16 heteroatoms. The van der Waals surface area contributed by atoms with Gasteiger partial charge in [-0.1, -0.05) is 98.7 Å². The second kappa shape index (κ2) is 17.6. The molecule has 0 unspecified atom stereocenters. The summed E-state index contributed by atoms with van der Waals surface area (Å²) in [7, 11) is -5.66. The first kappa shape index (κ1) is 47.4. The van der Waals surface area contributed by atoms with Crippen LogP contribution in [0.25, 0.3) is 22.3 Å². The lowest BCUT2D eigenvalue weighted by Crippen LogP contribution is -2.54. The number of nitrogens with one attached hydrogen (secondary N) is 1. The number of imidazole rings is 1. The Kier molecular flexibility index (Phi) is 13.9. The first-order valence-corrected chi connectivity index (χ1v) is 29.6. The Hall–Kier alpha value is -3.65. The maximum Gasteiger partial charge on any atom is 0.343 e. The Bertz CT molecular complexity index is 2110. The molecule has 4 aromatic rings. The lowest BCUT2D eigenvalue weighted by Gasteiger charge is -2.44. The largest absolute Gasteiger partial charge is 0.482 e. The van der Waals surface area contributed by atoms with Gasteiger partial charge in [-0.2, -0.15) is 0 Å². The summed E-state index contributed by atoms with van der Waals surface area (Å²) in [6, 6.07) is 15.9. The molecule has 1 aliphatic heterocycles. The molecule has 0 radical (unpaired) electrons. The minimum atomic E-state index is -2.44. The number of rotatable bonds is 15. The van der Waals surface area contributed by atoms with Crippen LogP contribution in [-0.2, 0) is 34.1 Å². The number of fused-ring (bicyclic) bond motifs is 1. The van der Waals surface area contributed by atoms with Crippen molar-refractivity contribution in [1.29, 1.82) is 0 Å². The third kappa shape index (κ3) is 10.5. The molecule has 1 fully saturated rings. The summed E-state index contributed by atoms with van der Waals surface area (Å²) in [5.41, 5.74) is 10.5. The van der Waals surface area contributed by atoms with E-state index in [1.54, 1.807) is 0 Å². The molecule has 0 saturated carbocycles. The van der Waals surface area contributed by atoms with Gasteiger partial charge in [0.05, 0.1) is 13.7 Å². The summed E-state index contributed by atoms with van der Waals surface area (Å²) in [5.74, 6) is 0.951. The smallest absolute Gasteiger partial charge is 0.343 e. The number of carbonyl (C=O) groups excluding carboxylic acids is 1. The third-order valence-electron chi connectivity index (χ3n) is 13.1. The predicted molar refractivity (Wildman–Crippen MR) is 248 cm³/mol. The van der Waals surface area contributed by atoms with Gasteiger partial charge in [0, 0.05) is 6.54 Å². The first-order chi connectivity index (χ1) is 27.7. The van der Waals surface area contributed by atoms with Crippen molar-refractivity contribution < 1.29 is 32.3 Å². The van der Waals surface area contributed by atoms with Crippen LogP contribution in [0.1, 0.15) is 74.1 Å². The number of benzene rings is 2. The van der Waals surface area contributed by atoms with Gasteiger partial charge in [0.25, 0.3) is 0 Å². The van der Waals surface area contributed by atoms with E-state index >= 15 is 0 Å². The molecule has 3 heterocycles. The van der Waals surface area contributed by atoms with Crippen LogP contribution in [0, 0.1) is 0 Å². The zero-order chi connectivity index (χ0) is 44.6. The van der Waals surface area contributed by atoms with Crippen LogP contribution >= 0.6 is 0 Å². The highest BCUT2D eigenvalue weighted by atomic mass is 28.4. The number of nitrogens with zero attached hydrogens (tertiary/aromatic N) is 4. The normalized spacial score (nSPS) is 19.5. The summed E-state index contributed by atoms with van der Waals surface area (Å²) < 4.78 is 41.4. The quantitative estimate of drug-likeness (QED) is 0.0863. The fraction of sp³-hybridized carbons (Fsp3) is 0.591. The van der Waals surface area contributed by atoms with E-state index in [2.05, 4.69) is 136 Å². The Morgan fingerprint density at radius 1 is 0.817 bits per heavy atom. The predicted octanol–water partition coefficient (Wildman–Crippen LogP) is 9.94. The molecular formula is C44H70N6O7Si3. The molecule has 0 aliphatic carbocycles. The molecule has 0 spiro atoms. The van der Waals surface area contributed by atoms with Gasteiger partial charge in [-0.05, 0) is 83.2 Å². The number of esters is 1. The third-order valence-corrected chi connectivity index (χ3v) is 26.5. The Morgan fingerprint density at radius 3 is 2.00 bits per heavy atom. The van der Waals surface area contributed by atoms with Crippen molar-refractivity contribution in [1.82, 2.24) is 19.5 Å². The molecule has 3 N–H and O–H groups in total. The van der Waals surface area contributed by atoms with Crippen molar-refractivity contribution in [3.05, 3.63) is 60.4 Å². The summed E-state index contributed by atoms with van der Waals surface area (Å²) in [5, 5.41) is 3.45. The number of hydrogen-bond donors (Lipinski definition) is 2. The van der Waals surface area contributed by atoms with Crippen molar-refractivity contribution in [2.45, 2.75) is 148 Å². The second-order valence-corrected chi connectivity index (χ2v) is 34.8. The second-order valence-electron chi connectivity index (χ2n) is 20.5. The van der Waals surface area contributed by atoms with Crippen molar-refractivity contribution in [3.8, 4) is 16.9 Å². The number of nitrogen functional groups attached to an aromatic ring is 1. The zero-order valence-corrected chi connectivity index (χ0v) is 41.9. The topological polar surface area (TPSA) is 154 Å². The van der Waals surface area contributed by atoms with Gasteiger partial charge in [-0.3, -0.25) is 4.57 Å². The first-order valence-electron chi connectivity index (χ1n) is 20.9. The minimum Gasteiger partial charge on any atom is -0.482 e. The average molecular weight is 879 g/mol. The SMILES string of the molecule is COC(=O)COc1cccc(-c2ccc(CNc3nc4c(N)ncnc4n3[C@@H]3O[C@H](CO[Si](C)(C)C(C)(C)C)[C@@H](O[Si](C)(C)C(C)(C)C)[C@H]3O[Si](C)(C)C(C)(C)C)cc2)c1. The van der Waals surface area contributed by atoms with Crippen LogP contribution in [-0.4, -0.2) is 89.1 Å². The van der Waals surface area contributed by atoms with E-state index in [1.165, 1.54) is 13.4 Å². The van der Waals surface area contributed by atoms with Crippen LogP contribution in [0.2, 0.25) is 54.4 Å². The van der Waals surface area contributed by atoms with Crippen LogP contribution in [0.3, 0.4) is 0 Å². The molecule has 5 rings (SSSR count). The summed E-state index contributed by atoms with van der Waals surface area (Å²) >= 11 is 0. The van der Waals surface area contributed by atoms with Gasteiger partial charge in [0.2, 0.25) is 5.95 Å². The van der Waals surface area contributed by atoms with E-state index in [1.807, 2.05) is 28.8 Å². The highest BCUT2D eigenvalue weighted by molar-refractivity contribution is 6.75. The number of ether oxygens (including phenoxy) is 3. The summed E-state index contributed by atoms with van der Waals surface area (Å²) in [4.78, 5) is 25.7. The van der Waals surface area contributed by atoms with Crippen molar-refractivity contribution in [3.63, 3.8) is 0 Å². The van der Waals surface area contributed by atoms with Crippen LogP contribution in [0.15, 0.2) is 54.9 Å². The lowest BCUT2D eigenvalue weighted by molar-refractivity contribution is -0.142. The van der Waals surface area contributed by atoms with Gasteiger partial charge in [0.1, 0.15) is 30.4 Å². The molecule has 0 bridgehead atoms. The molecule has 0 amide bonds. The minimum absolute atomic E-state index is 0.00625. The number of hydrogen-bond acceptors (Lipinski definition) is 12. The fourth-order valence-electron chi connectivity index (χ4n) is 6.11. The fourth-order valence-corrected chi connectivity index (χ4v) is 9.73. The van der Waals surface area contributed by atoms with E-state index in [-0.39, 0.29) is 27.5 Å². The molecule has 1 aliphatic rings. The standard InChI is InChI=1S/C44H70N6O7Si3/c1-42(2,3)58(11,12)54-26-33-36(56-59(13,14)43(4,5)6)37(57-60(15,16)44(7,8)9)40(55-33)50-39-35(38(45)47-28-48-39)49-41(50)46-25-29-20-22-30(23-21-29)31-18-17-19-32(24-31)53-27-34(51)52-10/h17-24,28,33,36-37,40H,25-27H2,1-16H3,(H,46,49)(H2,45,47,48)/t33-,36-,37-,40-/m1/s1. The number of aromatic nitrogens is 4. The molecule has 60 heavy (non-hydrogen) atoms. The van der Waals surface area contributed by atoms with Gasteiger partial charge in [0.15, 0.2) is 54.8 Å². The molecule has 2 aromatic heterocycles. The molecule has 13 nitrogen and oxygen atoms in total. The van der Waals surface area contributed by atoms with Gasteiger partial charge >= 0.3 is 5.97 Å². The number of carbonyl (C=O) groups is 1. The number of methoxy groups -OCH3 is 1. The molecule has 2 aromatic carbocycles. The maximum absolute atomic E-state index is 11.6. The van der Waals surface area contributed by atoms with E-state index in [4.69, 9.17) is 43.2 Å². The average Bonchev–Trinajstić information content (AvgIpc) is 3.68. The van der Waals surface area contributed by atoms with Crippen LogP contribution < -0.4 is 15.8 Å². The zero-order valence-electron chi connectivity index (χ0n) is 38.9. The summed E-state index contributed by atoms with van der Waals surface area (Å²) in [6.07, 6.45) is -0.604. The van der Waals surface area contributed by atoms with Crippen molar-refractivity contribution in [2.24, 2.45) is 0 Å². The van der Waals surface area contributed by atoms with Crippen molar-refractivity contribution in [2.75, 3.05) is 31.4 Å². The van der Waals surface area contributed by atoms with E-state index < -0.39 is 55.5 Å². The number of nitrogens with two attached hydrogens (primary N) is 1. The molecular weight excluding hydrogens is 809 g/mol. The van der Waals surface area contributed by atoms with E-state index in [0.29, 0.717) is 36.0 Å². The van der Waals surface area contributed by atoms with E-state index in [9.17, 15) is 4.79 Å². The maximum atomic E-state index is 11.6. The van der Waals surface area contributed by atoms with Gasteiger partial charge in [-0.15, -0.1) is 0 Å². The van der Waals surface area contributed by atoms with Crippen molar-refractivity contribution >= 4 is 53.9 Å². The monoisotopic (exact) mass is 878 g/mol. The molecule has 4 atom stereocenters. The molecule has 330 valence electrons.